The summed E-state index contributed by atoms with van der Waals surface area (Å²) in [6, 6.07) is -24.9. The van der Waals surface area contributed by atoms with Crippen LogP contribution in [-0.2, 0) is 0 Å². The molecule has 0 atom stereocenters. The van der Waals surface area contributed by atoms with Gasteiger partial charge in [0.05, 0.1) is 49.4 Å². The molecule has 0 saturated carbocycles. The highest BCUT2D eigenvalue weighted by Crippen LogP contribution is 2.38. The van der Waals surface area contributed by atoms with Crippen LogP contribution in [0.15, 0.2) is 174 Å². The highest BCUT2D eigenvalue weighted by Gasteiger charge is 2.18. The first-order chi connectivity index (χ1) is 36.4. The SMILES string of the molecule is [2H]c1c([2H])c([2H])c(-c2nc(-c3c([2H])c([2H])c([2H])c([2H])c3[2H])nc(-c3c([2H])c([2H])c4c(c3[2H])c3c([2H])c([2H])c([2H])c([2H])c3n4-c3c([2H])c([2H])c4oc5c([2H])c([2H])c(-c6c([2H])c([2H])c([2H])c([2H])c6[2H])c([2H])c5c4c3[2H])n2)c([2H])c1[2H]. The summed E-state index contributed by atoms with van der Waals surface area (Å²) in [5, 5.41) is -2.32. The van der Waals surface area contributed by atoms with E-state index in [1.807, 2.05) is 0 Å². The van der Waals surface area contributed by atoms with Crippen LogP contribution in [0.5, 0.6) is 0 Å². The number of nitrogens with zero attached hydrogens (tertiary/aromatic N) is 4. The van der Waals surface area contributed by atoms with Gasteiger partial charge in [-0.2, -0.15) is 0 Å². The standard InChI is InChI=1S/C45H28N4O/c1-4-12-29(13-5-1)32-21-24-41-37(26-32)38-28-34(22-25-42(38)50-41)49-39-19-11-10-18-35(39)36-27-33(20-23-40(36)49)45-47-43(30-14-6-2-7-15-30)46-44(48-45)31-16-8-3-9-17-31/h1-28H/i1D,2D,3D,4D,5D,6D,7D,8D,9D,10D,11D,12D,13D,14D,15D,16D,17D,18D,19D,20D,21D,22D,23D,24D,25D,26D,27D,28D. The number of hydrogen-bond donors (Lipinski definition) is 0. The van der Waals surface area contributed by atoms with Gasteiger partial charge in [0.1, 0.15) is 11.2 Å². The van der Waals surface area contributed by atoms with Crippen LogP contribution in [-0.4, -0.2) is 19.5 Å². The quantitative estimate of drug-likeness (QED) is 0.183. The molecule has 0 aliphatic carbocycles. The number of rotatable bonds is 5. The summed E-state index contributed by atoms with van der Waals surface area (Å²) in [5.74, 6) is -2.49. The maximum Gasteiger partial charge on any atom is 0.164 e. The number of fused-ring (bicyclic) bond motifs is 6. The first kappa shape index (κ1) is 11.9. The summed E-state index contributed by atoms with van der Waals surface area (Å²) < 4.78 is 253. The fourth-order valence-electron chi connectivity index (χ4n) is 5.28. The Balaban J connectivity index is 1.38. The Morgan fingerprint density at radius 2 is 0.880 bits per heavy atom. The number of aromatic nitrogens is 4. The molecule has 3 aromatic heterocycles. The number of hydrogen-bond acceptors (Lipinski definition) is 4. The molecule has 0 N–H and O–H groups in total. The molecule has 234 valence electrons. The molecule has 0 aliphatic heterocycles. The minimum Gasteiger partial charge on any atom is -0.456 e. The van der Waals surface area contributed by atoms with Crippen molar-refractivity contribution >= 4 is 43.7 Å². The zero-order valence-electron chi connectivity index (χ0n) is 52.7. The Morgan fingerprint density at radius 3 is 1.56 bits per heavy atom. The van der Waals surface area contributed by atoms with E-state index >= 15 is 0 Å². The van der Waals surface area contributed by atoms with Gasteiger partial charge in [-0.3, -0.25) is 0 Å². The van der Waals surface area contributed by atoms with Crippen molar-refractivity contribution in [3.63, 3.8) is 0 Å². The van der Waals surface area contributed by atoms with Gasteiger partial charge >= 0.3 is 0 Å². The molecule has 0 fully saturated rings. The Bertz CT molecular complexity index is 4320. The second-order valence-corrected chi connectivity index (χ2v) is 10.3. The van der Waals surface area contributed by atoms with Crippen molar-refractivity contribution in [2.45, 2.75) is 0 Å². The van der Waals surface area contributed by atoms with Crippen LogP contribution in [0, 0.1) is 0 Å². The Kier molecular flexibility index (Phi) is 2.72. The van der Waals surface area contributed by atoms with E-state index in [1.54, 1.807) is 0 Å². The zero-order chi connectivity index (χ0) is 57.4. The summed E-state index contributed by atoms with van der Waals surface area (Å²) in [6.07, 6.45) is 0. The normalized spacial score (nSPS) is 19.4. The average Bonchev–Trinajstić information content (AvgIpc) is 4.22. The smallest absolute Gasteiger partial charge is 0.164 e. The van der Waals surface area contributed by atoms with Gasteiger partial charge in [-0.1, -0.05) is 115 Å². The molecular formula is C45H28N4O. The van der Waals surface area contributed by atoms with Crippen molar-refractivity contribution in [3.8, 4) is 51.0 Å². The van der Waals surface area contributed by atoms with Crippen LogP contribution >= 0.6 is 0 Å². The van der Waals surface area contributed by atoms with Gasteiger partial charge in [0.2, 0.25) is 0 Å². The van der Waals surface area contributed by atoms with Gasteiger partial charge in [0.15, 0.2) is 17.5 Å². The van der Waals surface area contributed by atoms with Crippen molar-refractivity contribution in [1.29, 1.82) is 0 Å². The molecular weight excluding hydrogens is 613 g/mol. The largest absolute Gasteiger partial charge is 0.456 e. The lowest BCUT2D eigenvalue weighted by Gasteiger charge is -2.10. The minimum absolute atomic E-state index is 0.536. The van der Waals surface area contributed by atoms with Crippen LogP contribution < -0.4 is 0 Å². The molecule has 7 aromatic carbocycles. The Labute approximate surface area is 327 Å². The summed E-state index contributed by atoms with van der Waals surface area (Å²) in [4.78, 5) is 12.8. The second kappa shape index (κ2) is 11.4. The molecule has 0 bridgehead atoms. The predicted octanol–water partition coefficient (Wildman–Crippen LogP) is 11.5. The summed E-state index contributed by atoms with van der Waals surface area (Å²) in [7, 11) is 0. The molecule has 0 aliphatic rings. The third-order valence-corrected chi connectivity index (χ3v) is 7.43. The van der Waals surface area contributed by atoms with E-state index in [9.17, 15) is 12.3 Å². The summed E-state index contributed by atoms with van der Waals surface area (Å²) >= 11 is 0. The average molecular weight is 669 g/mol. The van der Waals surface area contributed by atoms with Gasteiger partial charge in [0, 0.05) is 43.9 Å². The highest BCUT2D eigenvalue weighted by molar-refractivity contribution is 6.11. The molecule has 0 radical (unpaired) electrons. The van der Waals surface area contributed by atoms with E-state index in [0.29, 0.717) is 0 Å². The fraction of sp³-hybridized carbons (Fsp3) is 0. The van der Waals surface area contributed by atoms with Gasteiger partial charge in [-0.25, -0.2) is 15.0 Å². The van der Waals surface area contributed by atoms with E-state index in [2.05, 4.69) is 15.0 Å². The molecule has 3 heterocycles. The van der Waals surface area contributed by atoms with Crippen LogP contribution in [0.4, 0.5) is 0 Å². The number of furan rings is 1. The molecule has 0 amide bonds. The Morgan fingerprint density at radius 1 is 0.380 bits per heavy atom. The van der Waals surface area contributed by atoms with E-state index in [-0.39, 0.29) is 0 Å². The third-order valence-electron chi connectivity index (χ3n) is 7.43. The zero-order valence-corrected chi connectivity index (χ0v) is 24.7. The lowest BCUT2D eigenvalue weighted by molar-refractivity contribution is 0.669. The summed E-state index contributed by atoms with van der Waals surface area (Å²) in [6.45, 7) is 0. The van der Waals surface area contributed by atoms with Crippen molar-refractivity contribution in [2.75, 3.05) is 0 Å². The molecule has 0 unspecified atom stereocenters. The molecule has 10 rings (SSSR count). The topological polar surface area (TPSA) is 56.7 Å². The maximum absolute atomic E-state index is 9.83. The molecule has 50 heavy (non-hydrogen) atoms. The van der Waals surface area contributed by atoms with Gasteiger partial charge in [-0.05, 0) is 65.5 Å². The monoisotopic (exact) mass is 668 g/mol. The van der Waals surface area contributed by atoms with Gasteiger partial charge < -0.3 is 8.98 Å². The number of para-hydroxylation sites is 1. The first-order valence-electron chi connectivity index (χ1n) is 28.4. The van der Waals surface area contributed by atoms with Crippen molar-refractivity contribution < 1.29 is 42.8 Å². The fourth-order valence-corrected chi connectivity index (χ4v) is 5.28. The van der Waals surface area contributed by atoms with Crippen molar-refractivity contribution in [1.82, 2.24) is 19.5 Å². The first-order valence-corrected chi connectivity index (χ1v) is 14.4. The van der Waals surface area contributed by atoms with Crippen LogP contribution in [0.25, 0.3) is 94.7 Å². The summed E-state index contributed by atoms with van der Waals surface area (Å²) in [5.41, 5.74) is -6.98. The van der Waals surface area contributed by atoms with Crippen LogP contribution in [0.1, 0.15) is 38.4 Å². The van der Waals surface area contributed by atoms with Crippen LogP contribution in [0.3, 0.4) is 0 Å². The lowest BCUT2D eigenvalue weighted by Crippen LogP contribution is -2.00. The van der Waals surface area contributed by atoms with Crippen LogP contribution in [0.2, 0.25) is 0 Å². The third kappa shape index (κ3) is 4.67. The minimum atomic E-state index is -1.03. The molecule has 5 nitrogen and oxygen atoms in total. The van der Waals surface area contributed by atoms with Crippen molar-refractivity contribution in [3.05, 3.63) is 169 Å². The highest BCUT2D eigenvalue weighted by atomic mass is 16.3. The predicted molar refractivity (Wildman–Crippen MR) is 203 cm³/mol. The number of benzene rings is 7. The van der Waals surface area contributed by atoms with Gasteiger partial charge in [-0.15, -0.1) is 0 Å². The van der Waals surface area contributed by atoms with E-state index in [4.69, 9.17) is 30.5 Å². The molecule has 0 spiro atoms. The Hall–Kier alpha value is -6.85. The maximum atomic E-state index is 9.83. The van der Waals surface area contributed by atoms with E-state index < -0.39 is 264 Å². The molecule has 0 saturated heterocycles. The molecule has 10 aromatic rings. The van der Waals surface area contributed by atoms with E-state index in [1.165, 1.54) is 0 Å². The van der Waals surface area contributed by atoms with Crippen molar-refractivity contribution in [2.24, 2.45) is 0 Å². The lowest BCUT2D eigenvalue weighted by atomic mass is 10.0. The van der Waals surface area contributed by atoms with Gasteiger partial charge in [0.25, 0.3) is 0 Å². The van der Waals surface area contributed by atoms with E-state index in [0.717, 1.165) is 4.57 Å². The second-order valence-electron chi connectivity index (χ2n) is 10.3. The molecule has 5 heteroatoms.